The molecule has 2 N–H and O–H groups in total. The van der Waals surface area contributed by atoms with E-state index in [9.17, 15) is 8.42 Å². The largest absolute Gasteiger partial charge is 0.326 e. The predicted octanol–water partition coefficient (Wildman–Crippen LogP) is 1.43. The molecule has 0 aliphatic heterocycles. The molecule has 1 aromatic carbocycles. The van der Waals surface area contributed by atoms with Gasteiger partial charge >= 0.3 is 0 Å². The van der Waals surface area contributed by atoms with Crippen LogP contribution in [0.4, 0.5) is 0 Å². The number of nitrogens with zero attached hydrogens (tertiary/aromatic N) is 2. The molecule has 0 saturated carbocycles. The van der Waals surface area contributed by atoms with Gasteiger partial charge in [-0.25, -0.2) is 8.42 Å². The van der Waals surface area contributed by atoms with Gasteiger partial charge in [0.1, 0.15) is 0 Å². The minimum atomic E-state index is -3.29. The Hall–Kier alpha value is -1.66. The topological polar surface area (TPSA) is 78.0 Å². The lowest BCUT2D eigenvalue weighted by Crippen LogP contribution is -2.15. The molecule has 1 heterocycles. The normalized spacial score (nSPS) is 11.8. The number of rotatable bonds is 5. The molecule has 0 atom stereocenters. The van der Waals surface area contributed by atoms with Crippen LogP contribution in [0.5, 0.6) is 0 Å². The Bertz CT molecular complexity index is 688. The van der Waals surface area contributed by atoms with Crippen molar-refractivity contribution in [3.05, 3.63) is 47.3 Å². The lowest BCUT2D eigenvalue weighted by atomic mass is 10.2. The maximum Gasteiger partial charge on any atom is 0.180 e. The molecular weight excluding hydrogens is 274 g/mol. The monoisotopic (exact) mass is 293 g/mol. The van der Waals surface area contributed by atoms with Crippen LogP contribution in [0.2, 0.25) is 0 Å². The minimum Gasteiger partial charge on any atom is -0.326 e. The molecule has 0 spiro atoms. The third kappa shape index (κ3) is 3.26. The molecule has 6 heteroatoms. The standard InChI is InChI=1S/C14H19N3O2S/c1-11-9-12(2)17(16-11)7-8-20(18,19)14-5-3-13(10-15)4-6-14/h3-6,9H,7-8,10,15H2,1-2H3. The molecular formula is C14H19N3O2S. The van der Waals surface area contributed by atoms with E-state index in [1.807, 2.05) is 19.9 Å². The van der Waals surface area contributed by atoms with E-state index in [0.717, 1.165) is 17.0 Å². The number of sulfone groups is 1. The van der Waals surface area contributed by atoms with Crippen LogP contribution in [-0.4, -0.2) is 24.0 Å². The van der Waals surface area contributed by atoms with E-state index >= 15 is 0 Å². The summed E-state index contributed by atoms with van der Waals surface area (Å²) in [7, 11) is -3.29. The third-order valence-corrected chi connectivity index (χ3v) is 4.90. The minimum absolute atomic E-state index is 0.0386. The quantitative estimate of drug-likeness (QED) is 0.904. The Balaban J connectivity index is 2.12. The van der Waals surface area contributed by atoms with E-state index in [-0.39, 0.29) is 5.75 Å². The summed E-state index contributed by atoms with van der Waals surface area (Å²) in [5.41, 5.74) is 8.28. The Morgan fingerprint density at radius 1 is 1.20 bits per heavy atom. The van der Waals surface area contributed by atoms with E-state index in [2.05, 4.69) is 5.10 Å². The highest BCUT2D eigenvalue weighted by atomic mass is 32.2. The van der Waals surface area contributed by atoms with Gasteiger partial charge in [0, 0.05) is 12.2 Å². The summed E-state index contributed by atoms with van der Waals surface area (Å²) >= 11 is 0. The first-order valence-corrected chi connectivity index (χ1v) is 8.10. The molecule has 0 aliphatic carbocycles. The highest BCUT2D eigenvalue weighted by molar-refractivity contribution is 7.91. The summed E-state index contributed by atoms with van der Waals surface area (Å²) in [5, 5.41) is 4.27. The van der Waals surface area contributed by atoms with Gasteiger partial charge in [-0.3, -0.25) is 4.68 Å². The zero-order valence-electron chi connectivity index (χ0n) is 11.7. The zero-order valence-corrected chi connectivity index (χ0v) is 12.5. The van der Waals surface area contributed by atoms with E-state index in [0.29, 0.717) is 18.0 Å². The van der Waals surface area contributed by atoms with E-state index in [1.54, 1.807) is 28.9 Å². The van der Waals surface area contributed by atoms with Crippen molar-refractivity contribution in [1.29, 1.82) is 0 Å². The van der Waals surface area contributed by atoms with Crippen LogP contribution < -0.4 is 5.73 Å². The van der Waals surface area contributed by atoms with Crippen LogP contribution in [-0.2, 0) is 22.9 Å². The fraction of sp³-hybridized carbons (Fsp3) is 0.357. The zero-order chi connectivity index (χ0) is 14.8. The van der Waals surface area contributed by atoms with Crippen molar-refractivity contribution in [2.24, 2.45) is 5.73 Å². The van der Waals surface area contributed by atoms with Gasteiger partial charge in [-0.2, -0.15) is 5.10 Å². The van der Waals surface area contributed by atoms with E-state index in [1.165, 1.54) is 0 Å². The number of aromatic nitrogens is 2. The van der Waals surface area contributed by atoms with E-state index in [4.69, 9.17) is 5.73 Å². The Kier molecular flexibility index (Phi) is 4.25. The van der Waals surface area contributed by atoms with Crippen molar-refractivity contribution >= 4 is 9.84 Å². The lowest BCUT2D eigenvalue weighted by Gasteiger charge is -2.07. The van der Waals surface area contributed by atoms with Crippen molar-refractivity contribution < 1.29 is 8.42 Å². The highest BCUT2D eigenvalue weighted by Gasteiger charge is 2.15. The summed E-state index contributed by atoms with van der Waals surface area (Å²) in [4.78, 5) is 0.330. The van der Waals surface area contributed by atoms with Crippen molar-refractivity contribution in [3.63, 3.8) is 0 Å². The Morgan fingerprint density at radius 3 is 2.35 bits per heavy atom. The van der Waals surface area contributed by atoms with Crippen LogP contribution in [0.1, 0.15) is 17.0 Å². The molecule has 20 heavy (non-hydrogen) atoms. The number of benzene rings is 1. The van der Waals surface area contributed by atoms with Crippen LogP contribution in [0.15, 0.2) is 35.2 Å². The Labute approximate surface area is 119 Å². The molecule has 2 aromatic rings. The van der Waals surface area contributed by atoms with E-state index < -0.39 is 9.84 Å². The summed E-state index contributed by atoms with van der Waals surface area (Å²) in [5.74, 6) is 0.0386. The van der Waals surface area contributed by atoms with Gasteiger partial charge in [0.15, 0.2) is 9.84 Å². The van der Waals surface area contributed by atoms with Gasteiger partial charge in [0.05, 0.1) is 22.9 Å². The molecule has 5 nitrogen and oxygen atoms in total. The van der Waals surface area contributed by atoms with Crippen molar-refractivity contribution in [2.45, 2.75) is 31.8 Å². The van der Waals surface area contributed by atoms with Gasteiger partial charge in [-0.1, -0.05) is 12.1 Å². The molecule has 108 valence electrons. The van der Waals surface area contributed by atoms with Gasteiger partial charge < -0.3 is 5.73 Å². The van der Waals surface area contributed by atoms with Crippen LogP contribution in [0.3, 0.4) is 0 Å². The average Bonchev–Trinajstić information content (AvgIpc) is 2.75. The van der Waals surface area contributed by atoms with Crippen molar-refractivity contribution in [2.75, 3.05) is 5.75 Å². The SMILES string of the molecule is Cc1cc(C)n(CCS(=O)(=O)c2ccc(CN)cc2)n1. The fourth-order valence-electron chi connectivity index (χ4n) is 2.06. The maximum absolute atomic E-state index is 12.3. The summed E-state index contributed by atoms with van der Waals surface area (Å²) < 4.78 is 26.2. The average molecular weight is 293 g/mol. The maximum atomic E-state index is 12.3. The molecule has 0 amide bonds. The summed E-state index contributed by atoms with van der Waals surface area (Å²) in [6.45, 7) is 4.58. The number of nitrogens with two attached hydrogens (primary N) is 1. The van der Waals surface area contributed by atoms with Gasteiger partial charge in [0.2, 0.25) is 0 Å². The molecule has 0 unspecified atom stereocenters. The molecule has 0 fully saturated rings. The molecule has 0 radical (unpaired) electrons. The van der Waals surface area contributed by atoms with Gasteiger partial charge in [-0.15, -0.1) is 0 Å². The van der Waals surface area contributed by atoms with Crippen LogP contribution >= 0.6 is 0 Å². The molecule has 1 aromatic heterocycles. The van der Waals surface area contributed by atoms with Crippen LogP contribution in [0.25, 0.3) is 0 Å². The fourth-order valence-corrected chi connectivity index (χ4v) is 3.26. The number of aryl methyl sites for hydroxylation is 3. The molecule has 0 bridgehead atoms. The predicted molar refractivity (Wildman–Crippen MR) is 78.1 cm³/mol. The lowest BCUT2D eigenvalue weighted by molar-refractivity contribution is 0.576. The third-order valence-electron chi connectivity index (χ3n) is 3.19. The first-order chi connectivity index (χ1) is 9.42. The number of hydrogen-bond acceptors (Lipinski definition) is 4. The molecule has 2 rings (SSSR count). The summed E-state index contributed by atoms with van der Waals surface area (Å²) in [6.07, 6.45) is 0. The van der Waals surface area contributed by atoms with Gasteiger partial charge in [0.25, 0.3) is 0 Å². The highest BCUT2D eigenvalue weighted by Crippen LogP contribution is 2.13. The first-order valence-electron chi connectivity index (χ1n) is 6.45. The van der Waals surface area contributed by atoms with Crippen LogP contribution in [0, 0.1) is 13.8 Å². The second kappa shape index (κ2) is 5.76. The Morgan fingerprint density at radius 2 is 1.85 bits per heavy atom. The first kappa shape index (κ1) is 14.7. The number of hydrogen-bond donors (Lipinski definition) is 1. The van der Waals surface area contributed by atoms with Gasteiger partial charge in [-0.05, 0) is 37.6 Å². The smallest absolute Gasteiger partial charge is 0.180 e. The second-order valence-electron chi connectivity index (χ2n) is 4.82. The van der Waals surface area contributed by atoms with Crippen molar-refractivity contribution in [1.82, 2.24) is 9.78 Å². The summed E-state index contributed by atoms with van der Waals surface area (Å²) in [6, 6.07) is 8.65. The molecule has 0 aliphatic rings. The second-order valence-corrected chi connectivity index (χ2v) is 6.93. The van der Waals surface area contributed by atoms with Crippen molar-refractivity contribution in [3.8, 4) is 0 Å². The molecule has 0 saturated heterocycles.